The minimum atomic E-state index is 0.0370. The smallest absolute Gasteiger partial charge is 0.0842 e. The molecule has 62 valence electrons. The maximum Gasteiger partial charge on any atom is 0.0842 e. The third kappa shape index (κ3) is 1.06. The molecule has 1 aromatic heterocycles. The van der Waals surface area contributed by atoms with Crippen molar-refractivity contribution in [1.82, 2.24) is 4.98 Å². The van der Waals surface area contributed by atoms with Crippen LogP contribution in [0, 0.1) is 0 Å². The number of aliphatic hydroxyl groups is 1. The van der Waals surface area contributed by atoms with Crippen molar-refractivity contribution in [3.8, 4) is 0 Å². The van der Waals surface area contributed by atoms with Crippen LogP contribution in [0.15, 0.2) is 28.7 Å². The highest BCUT2D eigenvalue weighted by Crippen LogP contribution is 2.27. The Labute approximate surface area is 78.3 Å². The maximum absolute atomic E-state index is 8.96. The number of benzene rings is 1. The third-order valence-corrected chi connectivity index (χ3v) is 2.78. The zero-order valence-electron chi connectivity index (χ0n) is 6.34. The number of aliphatic hydroxyl groups excluding tert-OH is 1. The van der Waals surface area contributed by atoms with Crippen LogP contribution in [0.25, 0.3) is 10.9 Å². The van der Waals surface area contributed by atoms with Crippen LogP contribution < -0.4 is 0 Å². The lowest BCUT2D eigenvalue weighted by Crippen LogP contribution is -1.81. The first kappa shape index (κ1) is 7.83. The van der Waals surface area contributed by atoms with Crippen LogP contribution in [0.5, 0.6) is 0 Å². The molecule has 0 fully saturated rings. The highest BCUT2D eigenvalue weighted by molar-refractivity contribution is 9.10. The van der Waals surface area contributed by atoms with E-state index < -0.39 is 0 Å². The van der Waals surface area contributed by atoms with Gasteiger partial charge in [0.05, 0.1) is 12.3 Å². The summed E-state index contributed by atoms with van der Waals surface area (Å²) in [4.78, 5) is 3.12. The first-order valence-corrected chi connectivity index (χ1v) is 4.48. The van der Waals surface area contributed by atoms with Gasteiger partial charge < -0.3 is 10.1 Å². The SMILES string of the molecule is OCc1[nH]c2ccccc2c1Br. The second-order valence-electron chi connectivity index (χ2n) is 2.62. The van der Waals surface area contributed by atoms with Crippen LogP contribution in [-0.2, 0) is 6.61 Å². The van der Waals surface area contributed by atoms with Gasteiger partial charge in [-0.25, -0.2) is 0 Å². The van der Waals surface area contributed by atoms with E-state index in [9.17, 15) is 0 Å². The molecule has 0 amide bonds. The molecular formula is C9H8BrNO. The zero-order chi connectivity index (χ0) is 8.55. The summed E-state index contributed by atoms with van der Waals surface area (Å²) in [5.74, 6) is 0. The highest BCUT2D eigenvalue weighted by atomic mass is 79.9. The lowest BCUT2D eigenvalue weighted by molar-refractivity contribution is 0.277. The molecule has 0 bridgehead atoms. The molecule has 1 aromatic carbocycles. The van der Waals surface area contributed by atoms with E-state index in [0.717, 1.165) is 21.1 Å². The van der Waals surface area contributed by atoms with Crippen molar-refractivity contribution >= 4 is 26.8 Å². The molecule has 0 saturated carbocycles. The van der Waals surface area contributed by atoms with Gasteiger partial charge in [-0.2, -0.15) is 0 Å². The zero-order valence-corrected chi connectivity index (χ0v) is 7.93. The van der Waals surface area contributed by atoms with Crippen LogP contribution in [-0.4, -0.2) is 10.1 Å². The molecular weight excluding hydrogens is 218 g/mol. The van der Waals surface area contributed by atoms with Crippen molar-refractivity contribution in [3.63, 3.8) is 0 Å². The van der Waals surface area contributed by atoms with Gasteiger partial charge in [-0.3, -0.25) is 0 Å². The molecule has 0 spiro atoms. The van der Waals surface area contributed by atoms with E-state index in [0.29, 0.717) is 0 Å². The van der Waals surface area contributed by atoms with Crippen molar-refractivity contribution in [2.45, 2.75) is 6.61 Å². The second-order valence-corrected chi connectivity index (χ2v) is 3.41. The number of halogens is 1. The molecule has 2 rings (SSSR count). The van der Waals surface area contributed by atoms with Crippen molar-refractivity contribution in [1.29, 1.82) is 0 Å². The fourth-order valence-electron chi connectivity index (χ4n) is 1.27. The van der Waals surface area contributed by atoms with E-state index in [1.165, 1.54) is 0 Å². The van der Waals surface area contributed by atoms with Crippen molar-refractivity contribution < 1.29 is 5.11 Å². The molecule has 2 aromatic rings. The summed E-state index contributed by atoms with van der Waals surface area (Å²) in [5.41, 5.74) is 1.88. The Hall–Kier alpha value is -0.800. The van der Waals surface area contributed by atoms with Gasteiger partial charge in [0.25, 0.3) is 0 Å². The van der Waals surface area contributed by atoms with Crippen LogP contribution in [0.4, 0.5) is 0 Å². The van der Waals surface area contributed by atoms with Crippen LogP contribution in [0.2, 0.25) is 0 Å². The number of fused-ring (bicyclic) bond motifs is 1. The van der Waals surface area contributed by atoms with Crippen molar-refractivity contribution in [2.24, 2.45) is 0 Å². The number of aromatic amines is 1. The topological polar surface area (TPSA) is 36.0 Å². The van der Waals surface area contributed by atoms with Gasteiger partial charge in [0, 0.05) is 15.4 Å². The Bertz CT molecular complexity index is 408. The Kier molecular flexibility index (Phi) is 1.90. The van der Waals surface area contributed by atoms with E-state index in [1.807, 2.05) is 24.3 Å². The average molecular weight is 226 g/mol. The fourth-order valence-corrected chi connectivity index (χ4v) is 1.84. The minimum absolute atomic E-state index is 0.0370. The normalized spacial score (nSPS) is 10.8. The number of rotatable bonds is 1. The monoisotopic (exact) mass is 225 g/mol. The van der Waals surface area contributed by atoms with Crippen molar-refractivity contribution in [3.05, 3.63) is 34.4 Å². The number of H-pyrrole nitrogens is 1. The summed E-state index contributed by atoms with van der Waals surface area (Å²) in [6, 6.07) is 7.93. The summed E-state index contributed by atoms with van der Waals surface area (Å²) < 4.78 is 0.959. The summed E-state index contributed by atoms with van der Waals surface area (Å²) in [6.45, 7) is 0.0370. The first-order chi connectivity index (χ1) is 5.83. The molecule has 12 heavy (non-hydrogen) atoms. The first-order valence-electron chi connectivity index (χ1n) is 3.69. The van der Waals surface area contributed by atoms with Gasteiger partial charge in [0.1, 0.15) is 0 Å². The summed E-state index contributed by atoms with van der Waals surface area (Å²) in [7, 11) is 0. The van der Waals surface area contributed by atoms with E-state index in [1.54, 1.807) is 0 Å². The maximum atomic E-state index is 8.96. The van der Waals surface area contributed by atoms with Gasteiger partial charge in [-0.15, -0.1) is 0 Å². The molecule has 0 aliphatic heterocycles. The molecule has 3 heteroatoms. The van der Waals surface area contributed by atoms with Gasteiger partial charge in [-0.05, 0) is 22.0 Å². The average Bonchev–Trinajstić information content (AvgIpc) is 2.44. The number of hydrogen-bond donors (Lipinski definition) is 2. The predicted molar refractivity (Wildman–Crippen MR) is 51.9 cm³/mol. The molecule has 0 saturated heterocycles. The number of nitrogens with one attached hydrogen (secondary N) is 1. The van der Waals surface area contributed by atoms with Crippen LogP contribution in [0.1, 0.15) is 5.69 Å². The van der Waals surface area contributed by atoms with Gasteiger partial charge in [0.2, 0.25) is 0 Å². The van der Waals surface area contributed by atoms with E-state index >= 15 is 0 Å². The van der Waals surface area contributed by atoms with Gasteiger partial charge >= 0.3 is 0 Å². The van der Waals surface area contributed by atoms with E-state index in [2.05, 4.69) is 20.9 Å². The lowest BCUT2D eigenvalue weighted by atomic mass is 10.2. The molecule has 0 unspecified atom stereocenters. The largest absolute Gasteiger partial charge is 0.390 e. The molecule has 1 heterocycles. The molecule has 0 aliphatic carbocycles. The fraction of sp³-hybridized carbons (Fsp3) is 0.111. The van der Waals surface area contributed by atoms with Crippen LogP contribution >= 0.6 is 15.9 Å². The number of hydrogen-bond acceptors (Lipinski definition) is 1. The molecule has 0 radical (unpaired) electrons. The minimum Gasteiger partial charge on any atom is -0.390 e. The molecule has 2 N–H and O–H groups in total. The Balaban J connectivity index is 2.78. The molecule has 0 atom stereocenters. The molecule has 0 aliphatic rings. The Morgan fingerprint density at radius 2 is 2.08 bits per heavy atom. The quantitative estimate of drug-likeness (QED) is 0.769. The van der Waals surface area contributed by atoms with Gasteiger partial charge in [0.15, 0.2) is 0 Å². The standard InChI is InChI=1S/C9H8BrNO/c10-9-6-3-1-2-4-7(6)11-8(9)5-12/h1-4,11-12H,5H2. The van der Waals surface area contributed by atoms with Crippen LogP contribution in [0.3, 0.4) is 0 Å². The van der Waals surface area contributed by atoms with Gasteiger partial charge in [-0.1, -0.05) is 18.2 Å². The summed E-state index contributed by atoms with van der Waals surface area (Å²) in [5, 5.41) is 10.1. The predicted octanol–water partition coefficient (Wildman–Crippen LogP) is 2.42. The van der Waals surface area contributed by atoms with E-state index in [-0.39, 0.29) is 6.61 Å². The van der Waals surface area contributed by atoms with Crippen molar-refractivity contribution in [2.75, 3.05) is 0 Å². The second kappa shape index (κ2) is 2.92. The third-order valence-electron chi connectivity index (χ3n) is 1.87. The summed E-state index contributed by atoms with van der Waals surface area (Å²) in [6.07, 6.45) is 0. The Morgan fingerprint density at radius 1 is 1.33 bits per heavy atom. The number of para-hydroxylation sites is 1. The summed E-state index contributed by atoms with van der Waals surface area (Å²) >= 11 is 3.42. The number of aromatic nitrogens is 1. The molecule has 2 nitrogen and oxygen atoms in total. The Morgan fingerprint density at radius 3 is 2.75 bits per heavy atom. The highest BCUT2D eigenvalue weighted by Gasteiger charge is 2.05. The van der Waals surface area contributed by atoms with E-state index in [4.69, 9.17) is 5.11 Å². The lowest BCUT2D eigenvalue weighted by Gasteiger charge is -1.88.